The van der Waals surface area contributed by atoms with Gasteiger partial charge >= 0.3 is 0 Å². The van der Waals surface area contributed by atoms with Gasteiger partial charge in [0.25, 0.3) is 0 Å². The summed E-state index contributed by atoms with van der Waals surface area (Å²) < 4.78 is 6.20. The molecule has 0 spiro atoms. The van der Waals surface area contributed by atoms with Gasteiger partial charge in [0.15, 0.2) is 0 Å². The molecule has 0 amide bonds. The minimum Gasteiger partial charge on any atom is -0.489 e. The number of pyridine rings is 4. The zero-order valence-corrected chi connectivity index (χ0v) is 20.0. The summed E-state index contributed by atoms with van der Waals surface area (Å²) in [5, 5.41) is 13.1. The third kappa shape index (κ3) is 4.09. The largest absolute Gasteiger partial charge is 0.489 e. The van der Waals surface area contributed by atoms with Crippen LogP contribution in [0.4, 0.5) is 0 Å². The van der Waals surface area contributed by atoms with Crippen molar-refractivity contribution >= 4 is 21.8 Å². The predicted molar refractivity (Wildman–Crippen MR) is 142 cm³/mol. The average Bonchev–Trinajstić information content (AvgIpc) is 3.58. The topological polar surface area (TPSA) is 117 Å². The fraction of sp³-hybridized carbons (Fsp3) is 0.179. The molecule has 7 heterocycles. The molecular weight excluding hydrogens is 464 g/mol. The number of hydrogen-bond acceptors (Lipinski definition) is 7. The Bertz CT molecular complexity index is 1700. The van der Waals surface area contributed by atoms with Crippen LogP contribution in [0.2, 0.25) is 0 Å². The number of nitrogens with zero attached hydrogens (tertiary/aromatic N) is 5. The molecule has 0 atom stereocenters. The normalized spacial score (nSPS) is 14.4. The van der Waals surface area contributed by atoms with E-state index in [1.807, 2.05) is 55.1 Å². The van der Waals surface area contributed by atoms with Crippen molar-refractivity contribution in [1.29, 1.82) is 0 Å². The molecule has 1 aliphatic heterocycles. The Morgan fingerprint density at radius 3 is 2.62 bits per heavy atom. The lowest BCUT2D eigenvalue weighted by atomic mass is 10.1. The number of rotatable bonds is 5. The summed E-state index contributed by atoms with van der Waals surface area (Å²) in [6, 6.07) is 12.0. The number of ether oxygens (including phenoxy) is 1. The van der Waals surface area contributed by atoms with Gasteiger partial charge in [-0.15, -0.1) is 0 Å². The van der Waals surface area contributed by atoms with Gasteiger partial charge in [-0.25, -0.2) is 0 Å². The van der Waals surface area contributed by atoms with E-state index in [-0.39, 0.29) is 6.10 Å². The lowest BCUT2D eigenvalue weighted by Gasteiger charge is -2.23. The maximum Gasteiger partial charge on any atom is 0.138 e. The molecule has 7 rings (SSSR count). The molecule has 1 saturated heterocycles. The standard InChI is InChI=1S/C28H24N8O/c1-2-6-32-23(3-1)22-14-31-15-26-20(22)10-25(34-26)28-21-11-24(33-16-27(21)35-36-28)17-9-19(13-30-12-17)37-18-4-7-29-8-5-18/h1-3,6,9-16,18,29,34H,4-5,7-8H2,(H,35,36). The molecule has 0 aliphatic carbocycles. The molecule has 0 aromatic carbocycles. The second-order valence-corrected chi connectivity index (χ2v) is 9.21. The van der Waals surface area contributed by atoms with Crippen LogP contribution in [0.5, 0.6) is 5.75 Å². The average molecular weight is 489 g/mol. The quantitative estimate of drug-likeness (QED) is 0.320. The van der Waals surface area contributed by atoms with Gasteiger partial charge in [0.1, 0.15) is 17.5 Å². The van der Waals surface area contributed by atoms with E-state index < -0.39 is 0 Å². The zero-order valence-electron chi connectivity index (χ0n) is 20.0. The van der Waals surface area contributed by atoms with E-state index in [0.717, 1.165) is 87.4 Å². The SMILES string of the molecule is c1ccc(-c2cncc3[nH]c(-c4n[nH]c5cnc(-c6cncc(OC7CCNCC7)c6)cc45)cc23)nc1. The smallest absolute Gasteiger partial charge is 0.138 e. The molecule has 6 aromatic heterocycles. The number of fused-ring (bicyclic) bond motifs is 2. The van der Waals surface area contributed by atoms with Crippen molar-refractivity contribution in [1.82, 2.24) is 40.4 Å². The summed E-state index contributed by atoms with van der Waals surface area (Å²) in [5.74, 6) is 0.767. The number of piperidine rings is 1. The molecule has 3 N–H and O–H groups in total. The van der Waals surface area contributed by atoms with Crippen molar-refractivity contribution in [3.63, 3.8) is 0 Å². The highest BCUT2D eigenvalue weighted by molar-refractivity contribution is 6.00. The van der Waals surface area contributed by atoms with Gasteiger partial charge in [0.2, 0.25) is 0 Å². The molecule has 37 heavy (non-hydrogen) atoms. The lowest BCUT2D eigenvalue weighted by Crippen LogP contribution is -2.34. The fourth-order valence-electron chi connectivity index (χ4n) is 4.91. The first-order valence-corrected chi connectivity index (χ1v) is 12.4. The van der Waals surface area contributed by atoms with Crippen molar-refractivity contribution in [2.45, 2.75) is 18.9 Å². The second-order valence-electron chi connectivity index (χ2n) is 9.21. The van der Waals surface area contributed by atoms with E-state index in [1.54, 1.807) is 12.4 Å². The number of aromatic nitrogens is 7. The Hall–Kier alpha value is -4.63. The molecule has 0 saturated carbocycles. The van der Waals surface area contributed by atoms with Crippen molar-refractivity contribution < 1.29 is 4.74 Å². The van der Waals surface area contributed by atoms with Crippen LogP contribution in [0.25, 0.3) is 55.7 Å². The van der Waals surface area contributed by atoms with Gasteiger partial charge in [-0.1, -0.05) is 6.07 Å². The molecule has 0 radical (unpaired) electrons. The van der Waals surface area contributed by atoms with Crippen LogP contribution >= 0.6 is 0 Å². The molecule has 9 nitrogen and oxygen atoms in total. The van der Waals surface area contributed by atoms with Crippen LogP contribution < -0.4 is 10.1 Å². The molecule has 182 valence electrons. The first-order chi connectivity index (χ1) is 18.3. The highest BCUT2D eigenvalue weighted by atomic mass is 16.5. The third-order valence-corrected chi connectivity index (χ3v) is 6.79. The first kappa shape index (κ1) is 21.6. The number of aromatic amines is 2. The third-order valence-electron chi connectivity index (χ3n) is 6.79. The van der Waals surface area contributed by atoms with E-state index in [2.05, 4.69) is 46.5 Å². The summed E-state index contributed by atoms with van der Waals surface area (Å²) in [7, 11) is 0. The minimum atomic E-state index is 0.210. The van der Waals surface area contributed by atoms with E-state index in [9.17, 15) is 0 Å². The Balaban J connectivity index is 1.26. The predicted octanol–water partition coefficient (Wildman–Crippen LogP) is 4.76. The van der Waals surface area contributed by atoms with Gasteiger partial charge in [-0.3, -0.25) is 25.0 Å². The maximum absolute atomic E-state index is 6.20. The van der Waals surface area contributed by atoms with Crippen LogP contribution in [0.1, 0.15) is 12.8 Å². The molecule has 1 aliphatic rings. The van der Waals surface area contributed by atoms with Crippen molar-refractivity contribution in [2.24, 2.45) is 0 Å². The van der Waals surface area contributed by atoms with Gasteiger partial charge in [0.05, 0.1) is 46.7 Å². The van der Waals surface area contributed by atoms with Gasteiger partial charge in [-0.2, -0.15) is 5.10 Å². The van der Waals surface area contributed by atoms with Crippen molar-refractivity contribution in [3.8, 4) is 39.7 Å². The number of H-pyrrole nitrogens is 2. The van der Waals surface area contributed by atoms with E-state index in [0.29, 0.717) is 0 Å². The van der Waals surface area contributed by atoms with E-state index in [1.165, 1.54) is 0 Å². The van der Waals surface area contributed by atoms with Crippen LogP contribution in [0.15, 0.2) is 73.6 Å². The van der Waals surface area contributed by atoms with Crippen LogP contribution in [0, 0.1) is 0 Å². The highest BCUT2D eigenvalue weighted by Gasteiger charge is 2.17. The Labute approximate surface area is 212 Å². The summed E-state index contributed by atoms with van der Waals surface area (Å²) >= 11 is 0. The summed E-state index contributed by atoms with van der Waals surface area (Å²) in [4.78, 5) is 21.5. The Kier molecular flexibility index (Phi) is 5.32. The molecule has 1 fully saturated rings. The molecule has 0 unspecified atom stereocenters. The molecule has 0 bridgehead atoms. The zero-order chi connectivity index (χ0) is 24.6. The monoisotopic (exact) mass is 488 g/mol. The van der Waals surface area contributed by atoms with Crippen molar-refractivity contribution in [2.75, 3.05) is 13.1 Å². The molecule has 9 heteroatoms. The fourth-order valence-corrected chi connectivity index (χ4v) is 4.91. The van der Waals surface area contributed by atoms with Gasteiger partial charge in [0, 0.05) is 40.5 Å². The van der Waals surface area contributed by atoms with E-state index >= 15 is 0 Å². The van der Waals surface area contributed by atoms with Gasteiger partial charge in [-0.05, 0) is 56.3 Å². The first-order valence-electron chi connectivity index (χ1n) is 12.4. The summed E-state index contributed by atoms with van der Waals surface area (Å²) in [5.41, 5.74) is 7.06. The minimum absolute atomic E-state index is 0.210. The Morgan fingerprint density at radius 1 is 0.811 bits per heavy atom. The second kappa shape index (κ2) is 9.11. The highest BCUT2D eigenvalue weighted by Crippen LogP contribution is 2.34. The van der Waals surface area contributed by atoms with Crippen LogP contribution in [-0.2, 0) is 0 Å². The van der Waals surface area contributed by atoms with Crippen LogP contribution in [0.3, 0.4) is 0 Å². The summed E-state index contributed by atoms with van der Waals surface area (Å²) in [6.45, 7) is 1.96. The number of nitrogens with one attached hydrogen (secondary N) is 3. The van der Waals surface area contributed by atoms with Gasteiger partial charge < -0.3 is 15.0 Å². The van der Waals surface area contributed by atoms with Crippen molar-refractivity contribution in [3.05, 3.63) is 73.6 Å². The molecular formula is C28H24N8O. The Morgan fingerprint density at radius 2 is 1.73 bits per heavy atom. The van der Waals surface area contributed by atoms with Crippen LogP contribution in [-0.4, -0.2) is 54.3 Å². The van der Waals surface area contributed by atoms with E-state index in [4.69, 9.17) is 4.74 Å². The number of hydrogen-bond donors (Lipinski definition) is 3. The maximum atomic E-state index is 6.20. The molecule has 6 aromatic rings. The lowest BCUT2D eigenvalue weighted by molar-refractivity contribution is 0.162. The summed E-state index contributed by atoms with van der Waals surface area (Å²) in [6.07, 6.45) is 13.1.